The first kappa shape index (κ1) is 15.7. The van der Waals surface area contributed by atoms with Crippen LogP contribution in [0.5, 0.6) is 0 Å². The van der Waals surface area contributed by atoms with Crippen molar-refractivity contribution >= 4 is 10.8 Å². The summed E-state index contributed by atoms with van der Waals surface area (Å²) < 4.78 is 39.7. The molecule has 0 radical (unpaired) electrons. The number of fused-ring (bicyclic) bond motifs is 3. The summed E-state index contributed by atoms with van der Waals surface area (Å²) >= 11 is 0. The van der Waals surface area contributed by atoms with E-state index in [1.165, 1.54) is 12.1 Å². The minimum Gasteiger partial charge on any atom is -0.710 e. The van der Waals surface area contributed by atoms with Crippen LogP contribution in [-0.2, 0) is 6.18 Å². The molecule has 27 heavy (non-hydrogen) atoms. The van der Waals surface area contributed by atoms with Gasteiger partial charge in [-0.1, -0.05) is 24.3 Å². The van der Waals surface area contributed by atoms with Crippen LogP contribution < -0.4 is 4.73 Å². The van der Waals surface area contributed by atoms with Crippen LogP contribution in [0.2, 0.25) is 0 Å². The number of alkyl halides is 3. The highest BCUT2D eigenvalue weighted by molar-refractivity contribution is 6.13. The van der Waals surface area contributed by atoms with Crippen molar-refractivity contribution in [2.75, 3.05) is 0 Å². The third kappa shape index (κ3) is 2.02. The molecule has 1 aliphatic rings. The van der Waals surface area contributed by atoms with E-state index < -0.39 is 11.7 Å². The highest BCUT2D eigenvalue weighted by Crippen LogP contribution is 2.46. The van der Waals surface area contributed by atoms with Gasteiger partial charge in [-0.05, 0) is 46.5 Å². The Labute approximate surface area is 150 Å². The number of imidazole rings is 1. The highest BCUT2D eigenvalue weighted by atomic mass is 19.4. The molecule has 3 aromatic carbocycles. The van der Waals surface area contributed by atoms with Crippen LogP contribution in [0.25, 0.3) is 44.7 Å². The molecule has 134 valence electrons. The Kier molecular flexibility index (Phi) is 2.94. The lowest BCUT2D eigenvalue weighted by Crippen LogP contribution is -2.30. The van der Waals surface area contributed by atoms with E-state index in [1.54, 1.807) is 12.1 Å². The Morgan fingerprint density at radius 3 is 2.15 bits per heavy atom. The maximum Gasteiger partial charge on any atom is 0.416 e. The van der Waals surface area contributed by atoms with Crippen molar-refractivity contribution < 1.29 is 23.1 Å². The lowest BCUT2D eigenvalue weighted by Gasteiger charge is -2.09. The van der Waals surface area contributed by atoms with Gasteiger partial charge in [0.25, 0.3) is 0 Å². The van der Waals surface area contributed by atoms with Crippen molar-refractivity contribution in [3.05, 3.63) is 71.4 Å². The van der Waals surface area contributed by atoms with Gasteiger partial charge in [0, 0.05) is 16.5 Å². The normalized spacial score (nSPS) is 12.6. The minimum atomic E-state index is -4.47. The standard InChI is InChI=1S/C20H11F3N2O2/c21-20(22,23)13-9-7-12(8-10-13)19-24(26)17-14-5-1-3-11-4-2-6-15(16(11)14)18(17)25(19)27/h1-10,26H. The van der Waals surface area contributed by atoms with Crippen LogP contribution in [0.15, 0.2) is 60.7 Å². The summed E-state index contributed by atoms with van der Waals surface area (Å²) in [5.74, 6) is -0.125. The molecule has 0 unspecified atom stereocenters. The summed E-state index contributed by atoms with van der Waals surface area (Å²) in [6, 6.07) is 15.2. The number of rotatable bonds is 1. The smallest absolute Gasteiger partial charge is 0.416 e. The number of aromatic nitrogens is 2. The van der Waals surface area contributed by atoms with Gasteiger partial charge < -0.3 is 10.4 Å². The van der Waals surface area contributed by atoms with E-state index >= 15 is 0 Å². The van der Waals surface area contributed by atoms with Crippen LogP contribution in [-0.4, -0.2) is 9.94 Å². The average molecular weight is 368 g/mol. The quantitative estimate of drug-likeness (QED) is 0.261. The summed E-state index contributed by atoms with van der Waals surface area (Å²) in [6.45, 7) is 0. The zero-order valence-corrected chi connectivity index (χ0v) is 13.7. The summed E-state index contributed by atoms with van der Waals surface area (Å²) in [5.41, 5.74) is 1.41. The molecule has 1 N–H and O–H groups in total. The largest absolute Gasteiger partial charge is 0.710 e. The Morgan fingerprint density at radius 1 is 0.889 bits per heavy atom. The van der Waals surface area contributed by atoms with Gasteiger partial charge in [0.1, 0.15) is 0 Å². The van der Waals surface area contributed by atoms with Crippen LogP contribution in [0.1, 0.15) is 5.56 Å². The monoisotopic (exact) mass is 368 g/mol. The van der Waals surface area contributed by atoms with Gasteiger partial charge in [-0.15, -0.1) is 0 Å². The second-order valence-corrected chi connectivity index (χ2v) is 6.41. The fourth-order valence-corrected chi connectivity index (χ4v) is 3.76. The molecule has 4 nitrogen and oxygen atoms in total. The first-order valence-corrected chi connectivity index (χ1v) is 8.15. The van der Waals surface area contributed by atoms with Crippen molar-refractivity contribution in [3.63, 3.8) is 0 Å². The second-order valence-electron chi connectivity index (χ2n) is 6.41. The molecule has 0 amide bonds. The van der Waals surface area contributed by atoms with E-state index in [9.17, 15) is 23.6 Å². The molecule has 5 rings (SSSR count). The number of nitrogens with zero attached hydrogens (tertiary/aromatic N) is 2. The molecule has 0 spiro atoms. The molecule has 0 saturated heterocycles. The van der Waals surface area contributed by atoms with Crippen molar-refractivity contribution in [1.29, 1.82) is 0 Å². The summed E-state index contributed by atoms with van der Waals surface area (Å²) in [5, 5.41) is 25.5. The fraction of sp³-hybridized carbons (Fsp3) is 0.0500. The number of benzene rings is 3. The van der Waals surface area contributed by atoms with Gasteiger partial charge >= 0.3 is 12.0 Å². The molecule has 7 heteroatoms. The molecule has 0 atom stereocenters. The molecule has 0 saturated carbocycles. The van der Waals surface area contributed by atoms with E-state index in [4.69, 9.17) is 0 Å². The zero-order valence-electron chi connectivity index (χ0n) is 13.7. The molecule has 1 heterocycles. The topological polar surface area (TPSA) is 52.1 Å². The number of halogens is 3. The van der Waals surface area contributed by atoms with Gasteiger partial charge in [0.05, 0.1) is 11.1 Å². The minimum absolute atomic E-state index is 0.125. The number of hydrogen-bond donors (Lipinski definition) is 1. The van der Waals surface area contributed by atoms with Crippen LogP contribution in [0.3, 0.4) is 0 Å². The maximum absolute atomic E-state index is 13.0. The van der Waals surface area contributed by atoms with Crippen molar-refractivity contribution in [2.24, 2.45) is 0 Å². The van der Waals surface area contributed by atoms with Crippen molar-refractivity contribution in [3.8, 4) is 33.9 Å². The molecule has 0 aliphatic heterocycles. The summed E-state index contributed by atoms with van der Waals surface area (Å²) in [6.07, 6.45) is -4.47. The van der Waals surface area contributed by atoms with Crippen LogP contribution in [0.4, 0.5) is 13.2 Å². The SMILES string of the molecule is [O-][n+]1c2c(n(O)c1-c1ccc(C(F)(F)F)cc1)-c1cccc3cccc-2c13. The highest BCUT2D eigenvalue weighted by Gasteiger charge is 2.38. The molecule has 0 fully saturated rings. The summed E-state index contributed by atoms with van der Waals surface area (Å²) in [4.78, 5) is 0. The Hall–Kier alpha value is -3.48. The Bertz CT molecular complexity index is 1160. The third-order valence-electron chi connectivity index (χ3n) is 4.92. The fourth-order valence-electron chi connectivity index (χ4n) is 3.76. The maximum atomic E-state index is 13.0. The van der Waals surface area contributed by atoms with Crippen molar-refractivity contribution in [1.82, 2.24) is 4.73 Å². The zero-order chi connectivity index (χ0) is 18.9. The predicted molar refractivity (Wildman–Crippen MR) is 93.0 cm³/mol. The van der Waals surface area contributed by atoms with Gasteiger partial charge in [-0.2, -0.15) is 13.2 Å². The molecule has 1 aliphatic carbocycles. The Balaban J connectivity index is 1.75. The van der Waals surface area contributed by atoms with Crippen molar-refractivity contribution in [2.45, 2.75) is 6.18 Å². The van der Waals surface area contributed by atoms with Gasteiger partial charge in [-0.3, -0.25) is 0 Å². The molecule has 0 bridgehead atoms. The van der Waals surface area contributed by atoms with E-state index in [0.717, 1.165) is 27.6 Å². The molecular formula is C20H11F3N2O2. The van der Waals surface area contributed by atoms with E-state index in [1.807, 2.05) is 24.3 Å². The lowest BCUT2D eigenvalue weighted by atomic mass is 10.0. The molecule has 1 aromatic heterocycles. The average Bonchev–Trinajstić information content (AvgIpc) is 3.11. The third-order valence-corrected chi connectivity index (χ3v) is 4.92. The van der Waals surface area contributed by atoms with E-state index in [-0.39, 0.29) is 11.4 Å². The second kappa shape index (κ2) is 5.03. The lowest BCUT2D eigenvalue weighted by molar-refractivity contribution is -0.582. The van der Waals surface area contributed by atoms with Crippen LogP contribution >= 0.6 is 0 Å². The van der Waals surface area contributed by atoms with Gasteiger partial charge in [0.15, 0.2) is 5.69 Å². The Morgan fingerprint density at radius 2 is 1.52 bits per heavy atom. The first-order valence-electron chi connectivity index (χ1n) is 8.15. The number of hydrogen-bond acceptors (Lipinski definition) is 2. The summed E-state index contributed by atoms with van der Waals surface area (Å²) in [7, 11) is 0. The first-order chi connectivity index (χ1) is 12.9. The van der Waals surface area contributed by atoms with Gasteiger partial charge in [0.2, 0.25) is 5.69 Å². The predicted octanol–water partition coefficient (Wildman–Crippen LogP) is 4.85. The van der Waals surface area contributed by atoms with E-state index in [2.05, 4.69) is 0 Å². The molecule has 4 aromatic rings. The molecular weight excluding hydrogens is 357 g/mol. The van der Waals surface area contributed by atoms with E-state index in [0.29, 0.717) is 27.2 Å². The van der Waals surface area contributed by atoms with Crippen LogP contribution in [0, 0.1) is 5.21 Å². The van der Waals surface area contributed by atoms with Gasteiger partial charge in [-0.25, -0.2) is 4.73 Å².